The van der Waals surface area contributed by atoms with Crippen LogP contribution >= 0.6 is 0 Å². The average molecular weight is 162 g/mol. The molecule has 0 radical (unpaired) electrons. The number of Topliss-reactive ketones (excluding diaryl/α,β-unsaturated/α-hetero) is 2. The van der Waals surface area contributed by atoms with Crippen LogP contribution in [0.5, 0.6) is 0 Å². The summed E-state index contributed by atoms with van der Waals surface area (Å²) in [6.07, 6.45) is -1.24. The number of ketones is 2. The Morgan fingerprint density at radius 1 is 1.17 bits per heavy atom. The van der Waals surface area contributed by atoms with Gasteiger partial charge in [-0.15, -0.1) is 0 Å². The summed E-state index contributed by atoms with van der Waals surface area (Å²) < 4.78 is 0. The Bertz CT molecular complexity index is 368. The van der Waals surface area contributed by atoms with Gasteiger partial charge in [0.15, 0.2) is 0 Å². The molecule has 1 N–H and O–H groups in total. The number of rotatable bonds is 0. The van der Waals surface area contributed by atoms with Crippen molar-refractivity contribution in [3.8, 4) is 0 Å². The van der Waals surface area contributed by atoms with Crippen LogP contribution in [-0.2, 0) is 4.79 Å². The lowest BCUT2D eigenvalue weighted by Crippen LogP contribution is -2.11. The van der Waals surface area contributed by atoms with E-state index in [4.69, 9.17) is 0 Å². The molecule has 3 nitrogen and oxygen atoms in total. The topological polar surface area (TPSA) is 54.4 Å². The second-order valence-electron chi connectivity index (χ2n) is 2.68. The van der Waals surface area contributed by atoms with Crippen molar-refractivity contribution in [1.29, 1.82) is 0 Å². The molecule has 1 aromatic rings. The van der Waals surface area contributed by atoms with E-state index < -0.39 is 17.7 Å². The molecule has 0 aliphatic heterocycles. The number of fused-ring (bicyclic) bond motifs is 1. The van der Waals surface area contributed by atoms with Gasteiger partial charge in [0.2, 0.25) is 11.6 Å². The van der Waals surface area contributed by atoms with Crippen molar-refractivity contribution >= 4 is 11.6 Å². The van der Waals surface area contributed by atoms with E-state index in [9.17, 15) is 14.7 Å². The molecule has 12 heavy (non-hydrogen) atoms. The number of aliphatic hydroxyl groups is 1. The van der Waals surface area contributed by atoms with Gasteiger partial charge in [0.05, 0.1) is 0 Å². The molecule has 2 rings (SSSR count). The molecule has 3 heteroatoms. The van der Waals surface area contributed by atoms with Crippen molar-refractivity contribution in [2.24, 2.45) is 0 Å². The van der Waals surface area contributed by atoms with E-state index in [2.05, 4.69) is 0 Å². The van der Waals surface area contributed by atoms with E-state index in [0.717, 1.165) is 0 Å². The lowest BCUT2D eigenvalue weighted by atomic mass is 10.1. The van der Waals surface area contributed by atoms with Gasteiger partial charge in [-0.25, -0.2) is 0 Å². The maximum absolute atomic E-state index is 11.1. The molecular formula is C9H6O3. The second-order valence-corrected chi connectivity index (χ2v) is 2.68. The first-order valence-corrected chi connectivity index (χ1v) is 3.57. The average Bonchev–Trinajstić information content (AvgIpc) is 2.33. The summed E-state index contributed by atoms with van der Waals surface area (Å²) in [6.45, 7) is 0. The Labute approximate surface area is 68.6 Å². The Morgan fingerprint density at radius 3 is 2.50 bits per heavy atom. The largest absolute Gasteiger partial charge is 0.380 e. The van der Waals surface area contributed by atoms with Crippen molar-refractivity contribution in [1.82, 2.24) is 0 Å². The lowest BCUT2D eigenvalue weighted by Gasteiger charge is -1.97. The maximum Gasteiger partial charge on any atom is 0.236 e. The van der Waals surface area contributed by atoms with E-state index in [1.807, 2.05) is 0 Å². The minimum atomic E-state index is -1.24. The zero-order chi connectivity index (χ0) is 8.72. The SMILES string of the molecule is O=C1C(=O)C(O)c2ccccc21. The van der Waals surface area contributed by atoms with Crippen LogP contribution in [0.25, 0.3) is 0 Å². The summed E-state index contributed by atoms with van der Waals surface area (Å²) in [7, 11) is 0. The minimum absolute atomic E-state index is 0.329. The van der Waals surface area contributed by atoms with Crippen molar-refractivity contribution in [2.75, 3.05) is 0 Å². The monoisotopic (exact) mass is 162 g/mol. The second kappa shape index (κ2) is 2.25. The fraction of sp³-hybridized carbons (Fsp3) is 0.111. The van der Waals surface area contributed by atoms with Crippen LogP contribution < -0.4 is 0 Å². The van der Waals surface area contributed by atoms with Gasteiger partial charge in [-0.1, -0.05) is 24.3 Å². The first kappa shape index (κ1) is 7.18. The van der Waals surface area contributed by atoms with E-state index >= 15 is 0 Å². The highest BCUT2D eigenvalue weighted by Crippen LogP contribution is 2.27. The molecule has 1 unspecified atom stereocenters. The third-order valence-corrected chi connectivity index (χ3v) is 1.97. The van der Waals surface area contributed by atoms with Crippen LogP contribution in [0.2, 0.25) is 0 Å². The molecule has 0 heterocycles. The van der Waals surface area contributed by atoms with Crippen LogP contribution in [0.3, 0.4) is 0 Å². The van der Waals surface area contributed by atoms with Crippen molar-refractivity contribution in [3.05, 3.63) is 35.4 Å². The maximum atomic E-state index is 11.1. The van der Waals surface area contributed by atoms with Crippen LogP contribution in [0.4, 0.5) is 0 Å². The quantitative estimate of drug-likeness (QED) is 0.564. The van der Waals surface area contributed by atoms with Crippen molar-refractivity contribution in [2.45, 2.75) is 6.10 Å². The van der Waals surface area contributed by atoms with Crippen LogP contribution in [0, 0.1) is 0 Å². The summed E-state index contributed by atoms with van der Waals surface area (Å²) in [6, 6.07) is 6.49. The van der Waals surface area contributed by atoms with Crippen LogP contribution in [-0.4, -0.2) is 16.7 Å². The van der Waals surface area contributed by atoms with Gasteiger partial charge in [0.25, 0.3) is 0 Å². The molecule has 0 aromatic heterocycles. The molecule has 1 aromatic carbocycles. The van der Waals surface area contributed by atoms with Crippen LogP contribution in [0.1, 0.15) is 22.0 Å². The normalized spacial score (nSPS) is 21.2. The number of carbonyl (C=O) groups is 2. The Kier molecular flexibility index (Phi) is 1.35. The van der Waals surface area contributed by atoms with E-state index in [-0.39, 0.29) is 0 Å². The third kappa shape index (κ3) is 0.740. The predicted molar refractivity (Wildman–Crippen MR) is 40.7 cm³/mol. The molecule has 0 saturated heterocycles. The molecule has 1 aliphatic carbocycles. The van der Waals surface area contributed by atoms with Gasteiger partial charge in [0, 0.05) is 5.56 Å². The number of benzene rings is 1. The summed E-state index contributed by atoms with van der Waals surface area (Å²) in [4.78, 5) is 22.1. The molecule has 1 aliphatic rings. The van der Waals surface area contributed by atoms with Gasteiger partial charge in [-0.2, -0.15) is 0 Å². The highest BCUT2D eigenvalue weighted by molar-refractivity contribution is 6.48. The molecule has 0 saturated carbocycles. The third-order valence-electron chi connectivity index (χ3n) is 1.97. The van der Waals surface area contributed by atoms with Gasteiger partial charge < -0.3 is 5.11 Å². The summed E-state index contributed by atoms with van der Waals surface area (Å²) in [5.41, 5.74) is 0.752. The highest BCUT2D eigenvalue weighted by atomic mass is 16.3. The number of hydrogen-bond donors (Lipinski definition) is 1. The van der Waals surface area contributed by atoms with E-state index in [1.165, 1.54) is 0 Å². The zero-order valence-corrected chi connectivity index (χ0v) is 6.15. The zero-order valence-electron chi connectivity index (χ0n) is 6.15. The summed E-state index contributed by atoms with van der Waals surface area (Å²) >= 11 is 0. The smallest absolute Gasteiger partial charge is 0.236 e. The van der Waals surface area contributed by atoms with Gasteiger partial charge in [-0.05, 0) is 5.56 Å². The number of hydrogen-bond acceptors (Lipinski definition) is 3. The number of aliphatic hydroxyl groups excluding tert-OH is 1. The van der Waals surface area contributed by atoms with Gasteiger partial charge >= 0.3 is 0 Å². The standard InChI is InChI=1S/C9H6O3/c10-7-5-3-1-2-4-6(5)8(11)9(7)12/h1-4,7,10H. The Morgan fingerprint density at radius 2 is 1.83 bits per heavy atom. The molecule has 0 spiro atoms. The van der Waals surface area contributed by atoms with E-state index in [0.29, 0.717) is 11.1 Å². The minimum Gasteiger partial charge on any atom is -0.380 e. The molecule has 1 atom stereocenters. The fourth-order valence-corrected chi connectivity index (χ4v) is 1.34. The van der Waals surface area contributed by atoms with Crippen molar-refractivity contribution in [3.63, 3.8) is 0 Å². The summed E-state index contributed by atoms with van der Waals surface area (Å²) in [5, 5.41) is 9.25. The van der Waals surface area contributed by atoms with Crippen molar-refractivity contribution < 1.29 is 14.7 Å². The molecular weight excluding hydrogens is 156 g/mol. The molecule has 0 fully saturated rings. The number of carbonyl (C=O) groups excluding carboxylic acids is 2. The summed E-state index contributed by atoms with van der Waals surface area (Å²) in [5.74, 6) is -1.31. The molecule has 0 amide bonds. The van der Waals surface area contributed by atoms with Gasteiger partial charge in [0.1, 0.15) is 6.10 Å². The first-order valence-electron chi connectivity index (χ1n) is 3.57. The lowest BCUT2D eigenvalue weighted by molar-refractivity contribution is -0.122. The Hall–Kier alpha value is -1.48. The van der Waals surface area contributed by atoms with Gasteiger partial charge in [-0.3, -0.25) is 9.59 Å². The molecule has 60 valence electrons. The van der Waals surface area contributed by atoms with Crippen LogP contribution in [0.15, 0.2) is 24.3 Å². The highest BCUT2D eigenvalue weighted by Gasteiger charge is 2.36. The first-order chi connectivity index (χ1) is 5.72. The fourth-order valence-electron chi connectivity index (χ4n) is 1.34. The van der Waals surface area contributed by atoms with E-state index in [1.54, 1.807) is 24.3 Å². The molecule has 0 bridgehead atoms. The predicted octanol–water partition coefficient (Wildman–Crippen LogP) is 0.485. The Balaban J connectivity index is 2.67.